The van der Waals surface area contributed by atoms with E-state index in [0.717, 1.165) is 6.42 Å². The number of rotatable bonds is 8. The molecule has 8 heteroatoms. The van der Waals surface area contributed by atoms with Gasteiger partial charge in [-0.3, -0.25) is 4.79 Å². The van der Waals surface area contributed by atoms with Crippen LogP contribution in [0.3, 0.4) is 0 Å². The van der Waals surface area contributed by atoms with Crippen LogP contribution in [0.5, 0.6) is 0 Å². The van der Waals surface area contributed by atoms with Crippen LogP contribution in [0.4, 0.5) is 0 Å². The van der Waals surface area contributed by atoms with Crippen molar-refractivity contribution in [1.82, 2.24) is 10.2 Å². The van der Waals surface area contributed by atoms with Crippen molar-refractivity contribution in [2.45, 2.75) is 33.6 Å². The Balaban J connectivity index is 3.02. The number of hydrogen-bond donors (Lipinski definition) is 1. The molecule has 0 unspecified atom stereocenters. The zero-order valence-electron chi connectivity index (χ0n) is 14.6. The molecular weight excluding hydrogens is 316 g/mol. The number of esters is 3. The van der Waals surface area contributed by atoms with E-state index in [4.69, 9.17) is 14.2 Å². The lowest BCUT2D eigenvalue weighted by molar-refractivity contribution is -0.147. The van der Waals surface area contributed by atoms with Gasteiger partial charge in [0.1, 0.15) is 5.82 Å². The van der Waals surface area contributed by atoms with Gasteiger partial charge in [-0.05, 0) is 27.2 Å². The van der Waals surface area contributed by atoms with E-state index in [2.05, 4.69) is 5.32 Å². The third-order valence-electron chi connectivity index (χ3n) is 3.30. The van der Waals surface area contributed by atoms with Crippen molar-refractivity contribution in [1.29, 1.82) is 0 Å². The van der Waals surface area contributed by atoms with Crippen molar-refractivity contribution in [3.63, 3.8) is 0 Å². The van der Waals surface area contributed by atoms with Crippen molar-refractivity contribution in [2.24, 2.45) is 0 Å². The maximum atomic E-state index is 12.2. The molecule has 0 radical (unpaired) electrons. The first-order valence-corrected chi connectivity index (χ1v) is 8.28. The predicted molar refractivity (Wildman–Crippen MR) is 85.7 cm³/mol. The van der Waals surface area contributed by atoms with Crippen molar-refractivity contribution < 1.29 is 28.6 Å². The second kappa shape index (κ2) is 10.5. The second-order valence-corrected chi connectivity index (χ2v) is 4.99. The van der Waals surface area contributed by atoms with Gasteiger partial charge in [-0.15, -0.1) is 0 Å². The molecule has 0 amide bonds. The van der Waals surface area contributed by atoms with Crippen LogP contribution in [0.2, 0.25) is 0 Å². The second-order valence-electron chi connectivity index (χ2n) is 4.99. The van der Waals surface area contributed by atoms with Crippen LogP contribution >= 0.6 is 0 Å². The zero-order chi connectivity index (χ0) is 17.9. The highest BCUT2D eigenvalue weighted by Gasteiger charge is 2.30. The standard InChI is InChI=1S/C16H26N2O6/c1-4-22-12(19)8-11-18-10-7-9-17-14(18)13(15(20)23-5-2)16(21)24-6-3/h17H,4-11H2,1-3H3. The van der Waals surface area contributed by atoms with Crippen LogP contribution in [0.15, 0.2) is 11.4 Å². The van der Waals surface area contributed by atoms with Crippen LogP contribution in [0.25, 0.3) is 0 Å². The van der Waals surface area contributed by atoms with Gasteiger partial charge in [0.15, 0.2) is 5.57 Å². The molecule has 0 aromatic carbocycles. The lowest BCUT2D eigenvalue weighted by atomic mass is 10.2. The van der Waals surface area contributed by atoms with Gasteiger partial charge in [0.05, 0.1) is 26.2 Å². The molecular formula is C16H26N2O6. The van der Waals surface area contributed by atoms with Crippen LogP contribution in [-0.4, -0.2) is 62.3 Å². The van der Waals surface area contributed by atoms with E-state index in [1.807, 2.05) is 0 Å². The Hall–Kier alpha value is -2.25. The molecule has 0 saturated carbocycles. The molecule has 1 aliphatic heterocycles. The summed E-state index contributed by atoms with van der Waals surface area (Å²) in [6.45, 7) is 7.26. The highest BCUT2D eigenvalue weighted by molar-refractivity contribution is 6.14. The van der Waals surface area contributed by atoms with E-state index in [0.29, 0.717) is 32.1 Å². The average Bonchev–Trinajstić information content (AvgIpc) is 2.55. The van der Waals surface area contributed by atoms with Crippen molar-refractivity contribution in [2.75, 3.05) is 39.5 Å². The van der Waals surface area contributed by atoms with Crippen LogP contribution in [-0.2, 0) is 28.6 Å². The summed E-state index contributed by atoms with van der Waals surface area (Å²) in [7, 11) is 0. The fourth-order valence-corrected chi connectivity index (χ4v) is 2.31. The molecule has 8 nitrogen and oxygen atoms in total. The van der Waals surface area contributed by atoms with Crippen LogP contribution < -0.4 is 5.32 Å². The van der Waals surface area contributed by atoms with Gasteiger partial charge in [-0.25, -0.2) is 9.59 Å². The Bertz CT molecular complexity index is 469. The minimum Gasteiger partial charge on any atom is -0.466 e. The molecule has 0 aliphatic carbocycles. The summed E-state index contributed by atoms with van der Waals surface area (Å²) < 4.78 is 14.9. The highest BCUT2D eigenvalue weighted by Crippen LogP contribution is 2.16. The first-order chi connectivity index (χ1) is 11.5. The van der Waals surface area contributed by atoms with Gasteiger partial charge in [0.2, 0.25) is 0 Å². The number of nitrogens with zero attached hydrogens (tertiary/aromatic N) is 1. The van der Waals surface area contributed by atoms with E-state index in [-0.39, 0.29) is 31.2 Å². The topological polar surface area (TPSA) is 94.2 Å². The van der Waals surface area contributed by atoms with Crippen LogP contribution in [0, 0.1) is 0 Å². The van der Waals surface area contributed by atoms with Crippen molar-refractivity contribution >= 4 is 17.9 Å². The molecule has 0 atom stereocenters. The summed E-state index contributed by atoms with van der Waals surface area (Å²) in [6.07, 6.45) is 0.989. The molecule has 1 aliphatic rings. The van der Waals surface area contributed by atoms with Gasteiger partial charge in [-0.2, -0.15) is 0 Å². The van der Waals surface area contributed by atoms with Crippen LogP contribution in [0.1, 0.15) is 33.6 Å². The number of carbonyl (C=O) groups is 3. The van der Waals surface area contributed by atoms with Gasteiger partial charge in [0.25, 0.3) is 0 Å². The highest BCUT2D eigenvalue weighted by atomic mass is 16.6. The summed E-state index contributed by atoms with van der Waals surface area (Å²) in [5.41, 5.74) is -0.165. The molecule has 1 N–H and O–H groups in total. The maximum absolute atomic E-state index is 12.2. The maximum Gasteiger partial charge on any atom is 0.349 e. The SMILES string of the molecule is CCOC(=O)CCN1CCCNC1=C(C(=O)OCC)C(=O)OCC. The third kappa shape index (κ3) is 5.75. The van der Waals surface area contributed by atoms with Crippen molar-refractivity contribution in [3.05, 3.63) is 11.4 Å². The van der Waals surface area contributed by atoms with Gasteiger partial charge in [-0.1, -0.05) is 0 Å². The lowest BCUT2D eigenvalue weighted by Crippen LogP contribution is -2.43. The Morgan fingerprint density at radius 2 is 1.58 bits per heavy atom. The van der Waals surface area contributed by atoms with Crippen molar-refractivity contribution in [3.8, 4) is 0 Å². The Labute approximate surface area is 142 Å². The Morgan fingerprint density at radius 3 is 2.12 bits per heavy atom. The molecule has 136 valence electrons. The fraction of sp³-hybridized carbons (Fsp3) is 0.688. The molecule has 1 rings (SSSR count). The summed E-state index contributed by atoms with van der Waals surface area (Å²) in [5.74, 6) is -1.44. The van der Waals surface area contributed by atoms with E-state index in [9.17, 15) is 14.4 Å². The van der Waals surface area contributed by atoms with E-state index in [1.165, 1.54) is 0 Å². The Kier molecular flexibility index (Phi) is 8.67. The molecule has 1 heterocycles. The number of nitrogens with one attached hydrogen (secondary N) is 1. The van der Waals surface area contributed by atoms with Gasteiger partial charge < -0.3 is 24.4 Å². The molecule has 0 bridgehead atoms. The fourth-order valence-electron chi connectivity index (χ4n) is 2.31. The quantitative estimate of drug-likeness (QED) is 0.225. The molecule has 1 fully saturated rings. The summed E-state index contributed by atoms with van der Waals surface area (Å²) in [5, 5.41) is 3.06. The molecule has 0 aromatic heterocycles. The monoisotopic (exact) mass is 342 g/mol. The molecule has 24 heavy (non-hydrogen) atoms. The zero-order valence-corrected chi connectivity index (χ0v) is 14.6. The smallest absolute Gasteiger partial charge is 0.349 e. The largest absolute Gasteiger partial charge is 0.466 e. The first kappa shape index (κ1) is 19.8. The average molecular weight is 342 g/mol. The third-order valence-corrected chi connectivity index (χ3v) is 3.30. The number of ether oxygens (including phenoxy) is 3. The minimum absolute atomic E-state index is 0.151. The van der Waals surface area contributed by atoms with E-state index >= 15 is 0 Å². The van der Waals surface area contributed by atoms with E-state index in [1.54, 1.807) is 25.7 Å². The predicted octanol–water partition coefficient (Wildman–Crippen LogP) is 0.573. The molecule has 1 saturated heterocycles. The number of hydrogen-bond acceptors (Lipinski definition) is 8. The molecule has 0 spiro atoms. The summed E-state index contributed by atoms with van der Waals surface area (Å²) in [4.78, 5) is 37.8. The number of carbonyl (C=O) groups excluding carboxylic acids is 3. The first-order valence-electron chi connectivity index (χ1n) is 8.28. The normalized spacial score (nSPS) is 13.8. The van der Waals surface area contributed by atoms with Gasteiger partial charge >= 0.3 is 17.9 Å². The molecule has 0 aromatic rings. The lowest BCUT2D eigenvalue weighted by Gasteiger charge is -2.33. The van der Waals surface area contributed by atoms with E-state index < -0.39 is 11.9 Å². The minimum atomic E-state index is -0.735. The van der Waals surface area contributed by atoms with Gasteiger partial charge in [0, 0.05) is 19.6 Å². The Morgan fingerprint density at radius 1 is 1.00 bits per heavy atom. The summed E-state index contributed by atoms with van der Waals surface area (Å²) >= 11 is 0. The summed E-state index contributed by atoms with van der Waals surface area (Å²) in [6, 6.07) is 0.